The minimum absolute atomic E-state index is 0.163. The zero-order chi connectivity index (χ0) is 11.5. The van der Waals surface area contributed by atoms with E-state index in [4.69, 9.17) is 0 Å². The molecule has 0 amide bonds. The molecular weight excluding hydrogens is 230 g/mol. The first kappa shape index (κ1) is 11.5. The van der Waals surface area contributed by atoms with Crippen molar-refractivity contribution in [1.82, 2.24) is 0 Å². The maximum atomic E-state index is 13.5. The van der Waals surface area contributed by atoms with Crippen molar-refractivity contribution in [2.75, 3.05) is 29.2 Å². The summed E-state index contributed by atoms with van der Waals surface area (Å²) in [5.74, 6) is -0.594. The summed E-state index contributed by atoms with van der Waals surface area (Å²) in [6.07, 6.45) is 2.97. The molecule has 1 unspecified atom stereocenters. The fourth-order valence-electron chi connectivity index (χ4n) is 1.76. The Balaban J connectivity index is 2.15. The number of halogens is 2. The van der Waals surface area contributed by atoms with Gasteiger partial charge in [0.2, 0.25) is 0 Å². The Labute approximate surface area is 97.8 Å². The summed E-state index contributed by atoms with van der Waals surface area (Å²) in [5, 5.41) is 6.16. The molecular formula is C11H14F2N2S. The molecule has 0 fully saturated rings. The van der Waals surface area contributed by atoms with Crippen molar-refractivity contribution in [1.29, 1.82) is 0 Å². The third kappa shape index (κ3) is 2.24. The first-order valence-corrected chi connectivity index (χ1v) is 6.59. The molecule has 0 spiro atoms. The van der Waals surface area contributed by atoms with Gasteiger partial charge in [-0.1, -0.05) is 0 Å². The van der Waals surface area contributed by atoms with Gasteiger partial charge < -0.3 is 10.6 Å². The molecule has 1 aliphatic heterocycles. The fraction of sp³-hybridized carbons (Fsp3) is 0.455. The molecule has 1 heterocycles. The van der Waals surface area contributed by atoms with E-state index in [0.717, 1.165) is 24.8 Å². The van der Waals surface area contributed by atoms with Gasteiger partial charge in [-0.3, -0.25) is 0 Å². The van der Waals surface area contributed by atoms with E-state index in [9.17, 15) is 8.78 Å². The SMILES string of the molecule is CSCCC1CNc2ccc(F)c(F)c2N1. The molecule has 1 aromatic carbocycles. The molecule has 2 rings (SSSR count). The van der Waals surface area contributed by atoms with Gasteiger partial charge in [-0.2, -0.15) is 11.8 Å². The highest BCUT2D eigenvalue weighted by molar-refractivity contribution is 7.98. The highest BCUT2D eigenvalue weighted by Crippen LogP contribution is 2.31. The molecule has 0 saturated heterocycles. The van der Waals surface area contributed by atoms with E-state index in [1.807, 2.05) is 6.26 Å². The minimum atomic E-state index is -0.807. The number of anilines is 2. The largest absolute Gasteiger partial charge is 0.381 e. The monoisotopic (exact) mass is 244 g/mol. The number of fused-ring (bicyclic) bond motifs is 1. The smallest absolute Gasteiger partial charge is 0.183 e. The third-order valence-corrected chi connectivity index (χ3v) is 3.30. The summed E-state index contributed by atoms with van der Waals surface area (Å²) >= 11 is 1.75. The van der Waals surface area contributed by atoms with Crippen LogP contribution in [0.25, 0.3) is 0 Å². The number of hydrogen-bond acceptors (Lipinski definition) is 3. The lowest BCUT2D eigenvalue weighted by atomic mass is 10.1. The van der Waals surface area contributed by atoms with Gasteiger partial charge >= 0.3 is 0 Å². The molecule has 0 radical (unpaired) electrons. The van der Waals surface area contributed by atoms with E-state index >= 15 is 0 Å². The second-order valence-electron chi connectivity index (χ2n) is 3.79. The van der Waals surface area contributed by atoms with Gasteiger partial charge in [-0.05, 0) is 30.6 Å². The Kier molecular flexibility index (Phi) is 3.53. The zero-order valence-electron chi connectivity index (χ0n) is 9.02. The quantitative estimate of drug-likeness (QED) is 0.855. The van der Waals surface area contributed by atoms with Crippen molar-refractivity contribution in [3.05, 3.63) is 23.8 Å². The van der Waals surface area contributed by atoms with Crippen molar-refractivity contribution in [3.63, 3.8) is 0 Å². The van der Waals surface area contributed by atoms with Crippen molar-refractivity contribution in [2.24, 2.45) is 0 Å². The van der Waals surface area contributed by atoms with Gasteiger partial charge in [0, 0.05) is 12.6 Å². The predicted octanol–water partition coefficient (Wildman–Crippen LogP) is 2.92. The molecule has 88 valence electrons. The predicted molar refractivity (Wildman–Crippen MR) is 65.3 cm³/mol. The fourth-order valence-corrected chi connectivity index (χ4v) is 2.28. The standard InChI is InChI=1S/C11H14F2N2S/c1-16-5-4-7-6-14-9-3-2-8(12)10(13)11(9)15-7/h2-3,7,14-15H,4-6H2,1H3. The average molecular weight is 244 g/mol. The molecule has 0 aliphatic carbocycles. The second-order valence-corrected chi connectivity index (χ2v) is 4.77. The molecule has 2 N–H and O–H groups in total. The lowest BCUT2D eigenvalue weighted by molar-refractivity contribution is 0.508. The van der Waals surface area contributed by atoms with Gasteiger partial charge in [-0.15, -0.1) is 0 Å². The van der Waals surface area contributed by atoms with Crippen molar-refractivity contribution in [2.45, 2.75) is 12.5 Å². The van der Waals surface area contributed by atoms with Gasteiger partial charge in [-0.25, -0.2) is 8.78 Å². The van der Waals surface area contributed by atoms with Crippen molar-refractivity contribution >= 4 is 23.1 Å². The van der Waals surface area contributed by atoms with Gasteiger partial charge in [0.25, 0.3) is 0 Å². The van der Waals surface area contributed by atoms with Gasteiger partial charge in [0.15, 0.2) is 11.6 Å². The molecule has 1 aromatic rings. The molecule has 16 heavy (non-hydrogen) atoms. The first-order chi connectivity index (χ1) is 7.72. The molecule has 0 bridgehead atoms. The summed E-state index contributed by atoms with van der Waals surface area (Å²) in [5.41, 5.74) is 0.900. The number of nitrogens with one attached hydrogen (secondary N) is 2. The van der Waals surface area contributed by atoms with Crippen LogP contribution in [0, 0.1) is 11.6 Å². The van der Waals surface area contributed by atoms with Crippen molar-refractivity contribution < 1.29 is 8.78 Å². The summed E-state index contributed by atoms with van der Waals surface area (Å²) in [4.78, 5) is 0. The Morgan fingerprint density at radius 2 is 2.25 bits per heavy atom. The van der Waals surface area contributed by atoms with Crippen molar-refractivity contribution in [3.8, 4) is 0 Å². The van der Waals surface area contributed by atoms with E-state index < -0.39 is 11.6 Å². The molecule has 5 heteroatoms. The summed E-state index contributed by atoms with van der Waals surface area (Å²) < 4.78 is 26.5. The van der Waals surface area contributed by atoms with Gasteiger partial charge in [0.05, 0.1) is 11.4 Å². The lowest BCUT2D eigenvalue weighted by Crippen LogP contribution is -2.34. The van der Waals surface area contributed by atoms with E-state index in [2.05, 4.69) is 10.6 Å². The van der Waals surface area contributed by atoms with Crippen LogP contribution in [0.5, 0.6) is 0 Å². The third-order valence-electron chi connectivity index (χ3n) is 2.65. The molecule has 2 nitrogen and oxygen atoms in total. The maximum Gasteiger partial charge on any atom is 0.183 e. The van der Waals surface area contributed by atoms with E-state index in [1.54, 1.807) is 17.8 Å². The summed E-state index contributed by atoms with van der Waals surface area (Å²) in [6, 6.07) is 2.87. The van der Waals surface area contributed by atoms with Crippen LogP contribution < -0.4 is 10.6 Å². The molecule has 1 aliphatic rings. The first-order valence-electron chi connectivity index (χ1n) is 5.19. The Bertz CT molecular complexity index is 384. The number of rotatable bonds is 3. The van der Waals surface area contributed by atoms with Crippen LogP contribution >= 0.6 is 11.8 Å². The Hall–Kier alpha value is -0.970. The van der Waals surface area contributed by atoms with Crippen LogP contribution in [0.15, 0.2) is 12.1 Å². The van der Waals surface area contributed by atoms with Crippen LogP contribution in [0.3, 0.4) is 0 Å². The Morgan fingerprint density at radius 3 is 3.00 bits per heavy atom. The van der Waals surface area contributed by atoms with Crippen LogP contribution in [-0.2, 0) is 0 Å². The highest BCUT2D eigenvalue weighted by atomic mass is 32.2. The average Bonchev–Trinajstić information content (AvgIpc) is 2.31. The Morgan fingerprint density at radius 1 is 1.44 bits per heavy atom. The highest BCUT2D eigenvalue weighted by Gasteiger charge is 2.21. The van der Waals surface area contributed by atoms with Gasteiger partial charge in [0.1, 0.15) is 0 Å². The number of hydrogen-bond donors (Lipinski definition) is 2. The second kappa shape index (κ2) is 4.91. The van der Waals surface area contributed by atoms with Crippen LogP contribution in [0.2, 0.25) is 0 Å². The summed E-state index contributed by atoms with van der Waals surface area (Å²) in [6.45, 7) is 0.749. The normalized spacial score (nSPS) is 18.6. The van der Waals surface area contributed by atoms with E-state index in [-0.39, 0.29) is 11.7 Å². The number of thioether (sulfide) groups is 1. The maximum absolute atomic E-state index is 13.5. The van der Waals surface area contributed by atoms with Crippen LogP contribution in [0.4, 0.5) is 20.2 Å². The van der Waals surface area contributed by atoms with Crippen LogP contribution in [-0.4, -0.2) is 24.6 Å². The zero-order valence-corrected chi connectivity index (χ0v) is 9.83. The van der Waals surface area contributed by atoms with E-state index in [0.29, 0.717) is 5.69 Å². The molecule has 0 saturated carbocycles. The van der Waals surface area contributed by atoms with E-state index in [1.165, 1.54) is 0 Å². The lowest BCUT2D eigenvalue weighted by Gasteiger charge is -2.28. The summed E-state index contributed by atoms with van der Waals surface area (Å²) in [7, 11) is 0. The number of benzene rings is 1. The molecule has 0 aromatic heterocycles. The van der Waals surface area contributed by atoms with Crippen LogP contribution in [0.1, 0.15) is 6.42 Å². The topological polar surface area (TPSA) is 24.1 Å². The molecule has 1 atom stereocenters. The minimum Gasteiger partial charge on any atom is -0.381 e.